The maximum absolute atomic E-state index is 11.6. The number of hydrogen-bond donors (Lipinski definition) is 2. The highest BCUT2D eigenvalue weighted by atomic mass is 16.2. The molecule has 0 radical (unpaired) electrons. The lowest BCUT2D eigenvalue weighted by atomic mass is 10.2. The number of hydrogen-bond acceptors (Lipinski definition) is 3. The van der Waals surface area contributed by atoms with Crippen LogP contribution in [0.5, 0.6) is 0 Å². The van der Waals surface area contributed by atoms with E-state index < -0.39 is 0 Å². The average Bonchev–Trinajstić information content (AvgIpc) is 2.49. The van der Waals surface area contributed by atoms with Gasteiger partial charge in [-0.05, 0) is 36.4 Å². The highest BCUT2D eigenvalue weighted by Crippen LogP contribution is 2.08. The van der Waals surface area contributed by atoms with E-state index in [9.17, 15) is 4.79 Å². The molecule has 0 saturated carbocycles. The topological polar surface area (TPSA) is 77.8 Å². The monoisotopic (exact) mass is 266 g/mol. The molecule has 100 valence electrons. The van der Waals surface area contributed by atoms with E-state index in [0.29, 0.717) is 24.2 Å². The molecule has 2 amide bonds. The second-order valence-electron chi connectivity index (χ2n) is 4.14. The fourth-order valence-corrected chi connectivity index (χ4v) is 1.65. The summed E-state index contributed by atoms with van der Waals surface area (Å²) in [7, 11) is 0. The molecule has 1 aromatic carbocycles. The first-order valence-corrected chi connectivity index (χ1v) is 6.23. The number of aromatic nitrogens is 1. The standard InChI is InChI=1S/C15H14N4O/c16-11-12-4-6-14(7-5-12)19-15(20)18-10-8-13-3-1-2-9-17-13/h1-7,9H,8,10H2,(H2,18,19,20). The van der Waals surface area contributed by atoms with Crippen molar-refractivity contribution >= 4 is 11.7 Å². The van der Waals surface area contributed by atoms with Crippen molar-refractivity contribution < 1.29 is 4.79 Å². The van der Waals surface area contributed by atoms with Crippen LogP contribution < -0.4 is 10.6 Å². The molecular formula is C15H14N4O. The van der Waals surface area contributed by atoms with Gasteiger partial charge in [0.25, 0.3) is 0 Å². The Balaban J connectivity index is 1.76. The molecule has 0 spiro atoms. The molecule has 5 nitrogen and oxygen atoms in total. The van der Waals surface area contributed by atoms with Gasteiger partial charge in [-0.1, -0.05) is 6.07 Å². The number of carbonyl (C=O) groups excluding carboxylic acids is 1. The molecule has 20 heavy (non-hydrogen) atoms. The van der Waals surface area contributed by atoms with E-state index in [0.717, 1.165) is 5.69 Å². The van der Waals surface area contributed by atoms with Gasteiger partial charge in [0, 0.05) is 30.5 Å². The predicted octanol–water partition coefficient (Wildman–Crippen LogP) is 2.32. The Bertz CT molecular complexity index is 602. The number of nitrogens with one attached hydrogen (secondary N) is 2. The van der Waals surface area contributed by atoms with Crippen molar-refractivity contribution in [3.8, 4) is 6.07 Å². The minimum atomic E-state index is -0.273. The summed E-state index contributed by atoms with van der Waals surface area (Å²) in [6.07, 6.45) is 2.41. The van der Waals surface area contributed by atoms with Gasteiger partial charge in [-0.2, -0.15) is 5.26 Å². The molecule has 1 aromatic heterocycles. The Morgan fingerprint density at radius 3 is 2.65 bits per heavy atom. The first-order chi connectivity index (χ1) is 9.78. The average molecular weight is 266 g/mol. The first kappa shape index (κ1) is 13.6. The van der Waals surface area contributed by atoms with Gasteiger partial charge in [0.15, 0.2) is 0 Å². The Morgan fingerprint density at radius 2 is 2.00 bits per heavy atom. The SMILES string of the molecule is N#Cc1ccc(NC(=O)NCCc2ccccn2)cc1. The predicted molar refractivity (Wildman–Crippen MR) is 76.1 cm³/mol. The van der Waals surface area contributed by atoms with E-state index in [2.05, 4.69) is 15.6 Å². The quantitative estimate of drug-likeness (QED) is 0.891. The van der Waals surface area contributed by atoms with Crippen molar-refractivity contribution in [2.75, 3.05) is 11.9 Å². The van der Waals surface area contributed by atoms with Crippen LogP contribution in [0.2, 0.25) is 0 Å². The van der Waals surface area contributed by atoms with Crippen LogP contribution in [0.15, 0.2) is 48.7 Å². The third-order valence-electron chi connectivity index (χ3n) is 2.66. The van der Waals surface area contributed by atoms with Crippen LogP contribution in [-0.4, -0.2) is 17.6 Å². The van der Waals surface area contributed by atoms with Gasteiger partial charge in [0.1, 0.15) is 0 Å². The maximum Gasteiger partial charge on any atom is 0.319 e. The molecule has 1 heterocycles. The number of urea groups is 1. The lowest BCUT2D eigenvalue weighted by molar-refractivity contribution is 0.252. The van der Waals surface area contributed by atoms with Crippen LogP contribution in [0, 0.1) is 11.3 Å². The summed E-state index contributed by atoms with van der Waals surface area (Å²) < 4.78 is 0. The van der Waals surface area contributed by atoms with Crippen LogP contribution in [0.1, 0.15) is 11.3 Å². The van der Waals surface area contributed by atoms with Gasteiger partial charge < -0.3 is 10.6 Å². The van der Waals surface area contributed by atoms with E-state index >= 15 is 0 Å². The zero-order valence-corrected chi connectivity index (χ0v) is 10.8. The minimum absolute atomic E-state index is 0.273. The van der Waals surface area contributed by atoms with Crippen LogP contribution in [0.4, 0.5) is 10.5 Å². The molecule has 0 saturated heterocycles. The van der Waals surface area contributed by atoms with Gasteiger partial charge in [-0.3, -0.25) is 4.98 Å². The van der Waals surface area contributed by atoms with Crippen molar-refractivity contribution in [1.29, 1.82) is 5.26 Å². The zero-order valence-electron chi connectivity index (χ0n) is 10.8. The van der Waals surface area contributed by atoms with Crippen LogP contribution in [0.25, 0.3) is 0 Å². The van der Waals surface area contributed by atoms with E-state index in [4.69, 9.17) is 5.26 Å². The molecule has 2 rings (SSSR count). The Labute approximate surface area is 117 Å². The number of rotatable bonds is 4. The molecule has 5 heteroatoms. The number of benzene rings is 1. The Kier molecular flexibility index (Phi) is 4.68. The smallest absolute Gasteiger partial charge is 0.319 e. The first-order valence-electron chi connectivity index (χ1n) is 6.23. The third-order valence-corrected chi connectivity index (χ3v) is 2.66. The third kappa shape index (κ3) is 4.10. The molecular weight excluding hydrogens is 252 g/mol. The Hall–Kier alpha value is -2.87. The molecule has 0 unspecified atom stereocenters. The fourth-order valence-electron chi connectivity index (χ4n) is 1.65. The molecule has 0 bridgehead atoms. The summed E-state index contributed by atoms with van der Waals surface area (Å²) in [4.78, 5) is 15.8. The van der Waals surface area contributed by atoms with E-state index in [1.807, 2.05) is 24.3 Å². The molecule has 0 aliphatic carbocycles. The normalized spacial score (nSPS) is 9.55. The van der Waals surface area contributed by atoms with Gasteiger partial charge in [0.05, 0.1) is 11.6 Å². The number of pyridine rings is 1. The highest BCUT2D eigenvalue weighted by Gasteiger charge is 2.01. The molecule has 0 aliphatic heterocycles. The molecule has 2 aromatic rings. The van der Waals surface area contributed by atoms with E-state index in [-0.39, 0.29) is 6.03 Å². The van der Waals surface area contributed by atoms with Crippen LogP contribution in [0.3, 0.4) is 0 Å². The van der Waals surface area contributed by atoms with Crippen molar-refractivity contribution in [2.24, 2.45) is 0 Å². The molecule has 0 aliphatic rings. The van der Waals surface area contributed by atoms with Crippen LogP contribution >= 0.6 is 0 Å². The van der Waals surface area contributed by atoms with Gasteiger partial charge in [-0.15, -0.1) is 0 Å². The van der Waals surface area contributed by atoms with E-state index in [1.54, 1.807) is 30.5 Å². The minimum Gasteiger partial charge on any atom is -0.337 e. The van der Waals surface area contributed by atoms with E-state index in [1.165, 1.54) is 0 Å². The maximum atomic E-state index is 11.6. The van der Waals surface area contributed by atoms with Crippen molar-refractivity contribution in [3.05, 3.63) is 59.9 Å². The van der Waals surface area contributed by atoms with Gasteiger partial charge in [-0.25, -0.2) is 4.79 Å². The number of carbonyl (C=O) groups is 1. The zero-order chi connectivity index (χ0) is 14.2. The number of anilines is 1. The number of nitrogens with zero attached hydrogens (tertiary/aromatic N) is 2. The van der Waals surface area contributed by atoms with Crippen molar-refractivity contribution in [3.63, 3.8) is 0 Å². The van der Waals surface area contributed by atoms with Gasteiger partial charge in [0.2, 0.25) is 0 Å². The summed E-state index contributed by atoms with van der Waals surface area (Å²) >= 11 is 0. The summed E-state index contributed by atoms with van der Waals surface area (Å²) in [6.45, 7) is 0.513. The van der Waals surface area contributed by atoms with Crippen LogP contribution in [-0.2, 0) is 6.42 Å². The molecule has 0 atom stereocenters. The Morgan fingerprint density at radius 1 is 1.20 bits per heavy atom. The molecule has 2 N–H and O–H groups in total. The second kappa shape index (κ2) is 6.90. The van der Waals surface area contributed by atoms with Crippen molar-refractivity contribution in [2.45, 2.75) is 6.42 Å². The largest absolute Gasteiger partial charge is 0.337 e. The summed E-state index contributed by atoms with van der Waals surface area (Å²) in [5.74, 6) is 0. The van der Waals surface area contributed by atoms with Crippen molar-refractivity contribution in [1.82, 2.24) is 10.3 Å². The lowest BCUT2D eigenvalue weighted by Gasteiger charge is -2.07. The number of nitriles is 1. The summed E-state index contributed by atoms with van der Waals surface area (Å²) in [6, 6.07) is 14.1. The molecule has 0 fully saturated rings. The summed E-state index contributed by atoms with van der Waals surface area (Å²) in [5.41, 5.74) is 2.15. The number of amides is 2. The fraction of sp³-hybridized carbons (Fsp3) is 0.133. The lowest BCUT2D eigenvalue weighted by Crippen LogP contribution is -2.30. The summed E-state index contributed by atoms with van der Waals surface area (Å²) in [5, 5.41) is 14.1. The second-order valence-corrected chi connectivity index (χ2v) is 4.14. The highest BCUT2D eigenvalue weighted by molar-refractivity contribution is 5.89. The van der Waals surface area contributed by atoms with Gasteiger partial charge >= 0.3 is 6.03 Å².